The van der Waals surface area contributed by atoms with Crippen LogP contribution in [0.4, 0.5) is 0 Å². The summed E-state index contributed by atoms with van der Waals surface area (Å²) in [7, 11) is 0. The van der Waals surface area contributed by atoms with E-state index >= 15 is 0 Å². The van der Waals surface area contributed by atoms with E-state index in [4.69, 9.17) is 5.26 Å². The highest BCUT2D eigenvalue weighted by Crippen LogP contribution is 2.21. The molecule has 0 aromatic rings. The van der Waals surface area contributed by atoms with Crippen molar-refractivity contribution in [2.75, 3.05) is 13.1 Å². The van der Waals surface area contributed by atoms with E-state index in [2.05, 4.69) is 31.7 Å². The first-order valence-electron chi connectivity index (χ1n) is 6.62. The van der Waals surface area contributed by atoms with Crippen LogP contribution in [-0.2, 0) is 0 Å². The zero-order valence-corrected chi connectivity index (χ0v) is 11.7. The lowest BCUT2D eigenvalue weighted by Gasteiger charge is -2.27. The van der Waals surface area contributed by atoms with Crippen molar-refractivity contribution < 1.29 is 0 Å². The lowest BCUT2D eigenvalue weighted by Crippen LogP contribution is -2.33. The van der Waals surface area contributed by atoms with Crippen LogP contribution in [-0.4, -0.2) is 24.0 Å². The summed E-state index contributed by atoms with van der Waals surface area (Å²) in [5.74, 6) is 0. The van der Waals surface area contributed by atoms with E-state index in [0.717, 1.165) is 19.4 Å². The number of hydrogen-bond donors (Lipinski definition) is 0. The predicted molar refractivity (Wildman–Crippen MR) is 70.2 cm³/mol. The smallest absolute Gasteiger partial charge is 0.0683 e. The molecule has 0 aromatic carbocycles. The molecule has 0 saturated carbocycles. The summed E-state index contributed by atoms with van der Waals surface area (Å²) >= 11 is 0. The third-order valence-corrected chi connectivity index (χ3v) is 3.42. The molecule has 0 bridgehead atoms. The summed E-state index contributed by atoms with van der Waals surface area (Å²) in [6, 6.07) is 3.05. The molecule has 2 heteroatoms. The fourth-order valence-corrected chi connectivity index (χ4v) is 1.89. The van der Waals surface area contributed by atoms with Crippen molar-refractivity contribution in [2.45, 2.75) is 66.3 Å². The van der Waals surface area contributed by atoms with Crippen LogP contribution in [0.25, 0.3) is 0 Å². The van der Waals surface area contributed by atoms with Crippen LogP contribution in [0.5, 0.6) is 0 Å². The minimum Gasteiger partial charge on any atom is -0.301 e. The van der Waals surface area contributed by atoms with E-state index in [0.29, 0.717) is 6.04 Å². The Morgan fingerprint density at radius 1 is 1.25 bits per heavy atom. The van der Waals surface area contributed by atoms with E-state index in [1.807, 2.05) is 13.8 Å². The maximum atomic E-state index is 8.91. The van der Waals surface area contributed by atoms with E-state index in [-0.39, 0.29) is 5.41 Å². The fourth-order valence-electron chi connectivity index (χ4n) is 1.89. The Labute approximate surface area is 102 Å². The van der Waals surface area contributed by atoms with Crippen LogP contribution in [0.3, 0.4) is 0 Å². The second-order valence-electron chi connectivity index (χ2n) is 5.34. The lowest BCUT2D eigenvalue weighted by molar-refractivity contribution is 0.207. The fraction of sp³-hybridized carbons (Fsp3) is 0.929. The second kappa shape index (κ2) is 7.68. The normalized spacial score (nSPS) is 13.8. The van der Waals surface area contributed by atoms with E-state index in [9.17, 15) is 0 Å². The Balaban J connectivity index is 3.77. The molecule has 0 spiro atoms. The molecule has 0 aromatic heterocycles. The number of unbranched alkanes of at least 4 members (excludes halogenated alkanes) is 1. The van der Waals surface area contributed by atoms with E-state index < -0.39 is 0 Å². The molecular formula is C14H28N2. The molecule has 0 aliphatic rings. The van der Waals surface area contributed by atoms with Crippen LogP contribution in [0, 0.1) is 16.7 Å². The molecule has 0 fully saturated rings. The van der Waals surface area contributed by atoms with Gasteiger partial charge in [-0.15, -0.1) is 0 Å². The van der Waals surface area contributed by atoms with Gasteiger partial charge in [0.15, 0.2) is 0 Å². The number of hydrogen-bond acceptors (Lipinski definition) is 2. The summed E-state index contributed by atoms with van der Waals surface area (Å²) in [6.07, 6.45) is 4.61. The van der Waals surface area contributed by atoms with Crippen LogP contribution in [0.15, 0.2) is 0 Å². The van der Waals surface area contributed by atoms with Gasteiger partial charge in [0.1, 0.15) is 0 Å². The quantitative estimate of drug-likeness (QED) is 0.586. The lowest BCUT2D eigenvalue weighted by atomic mass is 9.89. The molecular weight excluding hydrogens is 196 g/mol. The average Bonchev–Trinajstić information content (AvgIpc) is 2.28. The third-order valence-electron chi connectivity index (χ3n) is 3.42. The molecule has 0 aliphatic carbocycles. The molecule has 2 nitrogen and oxygen atoms in total. The Kier molecular flexibility index (Phi) is 7.42. The molecule has 0 heterocycles. The van der Waals surface area contributed by atoms with Gasteiger partial charge in [-0.05, 0) is 53.1 Å². The Morgan fingerprint density at radius 2 is 1.88 bits per heavy atom. The van der Waals surface area contributed by atoms with Crippen molar-refractivity contribution in [2.24, 2.45) is 5.41 Å². The van der Waals surface area contributed by atoms with E-state index in [1.54, 1.807) is 0 Å². The highest BCUT2D eigenvalue weighted by Gasteiger charge is 2.16. The Bertz CT molecular complexity index is 215. The molecule has 16 heavy (non-hydrogen) atoms. The van der Waals surface area contributed by atoms with Crippen LogP contribution >= 0.6 is 0 Å². The average molecular weight is 224 g/mol. The molecule has 0 amide bonds. The van der Waals surface area contributed by atoms with Gasteiger partial charge in [-0.1, -0.05) is 20.3 Å². The second-order valence-corrected chi connectivity index (χ2v) is 5.34. The van der Waals surface area contributed by atoms with Gasteiger partial charge in [0.2, 0.25) is 0 Å². The van der Waals surface area contributed by atoms with Gasteiger partial charge in [0, 0.05) is 6.04 Å². The SMILES string of the molecule is CCC(C)N(CC)CCCCC(C)(C)C#N. The number of nitriles is 1. The summed E-state index contributed by atoms with van der Waals surface area (Å²) in [4.78, 5) is 2.53. The van der Waals surface area contributed by atoms with Gasteiger partial charge in [-0.3, -0.25) is 0 Å². The summed E-state index contributed by atoms with van der Waals surface area (Å²) in [5.41, 5.74) is -0.145. The first-order valence-corrected chi connectivity index (χ1v) is 6.62. The van der Waals surface area contributed by atoms with Crippen LogP contribution < -0.4 is 0 Å². The van der Waals surface area contributed by atoms with Gasteiger partial charge in [0.05, 0.1) is 11.5 Å². The van der Waals surface area contributed by atoms with Crippen molar-refractivity contribution in [3.05, 3.63) is 0 Å². The van der Waals surface area contributed by atoms with Crippen molar-refractivity contribution >= 4 is 0 Å². The first kappa shape index (κ1) is 15.4. The third kappa shape index (κ3) is 6.12. The molecule has 0 aliphatic heterocycles. The maximum Gasteiger partial charge on any atom is 0.0683 e. The first-order chi connectivity index (χ1) is 7.46. The highest BCUT2D eigenvalue weighted by atomic mass is 15.1. The zero-order valence-electron chi connectivity index (χ0n) is 11.7. The molecule has 1 unspecified atom stereocenters. The largest absolute Gasteiger partial charge is 0.301 e. The minimum absolute atomic E-state index is 0.145. The minimum atomic E-state index is -0.145. The maximum absolute atomic E-state index is 8.91. The van der Waals surface area contributed by atoms with Gasteiger partial charge in [-0.2, -0.15) is 5.26 Å². The van der Waals surface area contributed by atoms with Crippen LogP contribution in [0.2, 0.25) is 0 Å². The Morgan fingerprint density at radius 3 is 2.31 bits per heavy atom. The molecule has 0 rings (SSSR count). The summed E-state index contributed by atoms with van der Waals surface area (Å²) < 4.78 is 0. The van der Waals surface area contributed by atoms with Crippen molar-refractivity contribution in [1.29, 1.82) is 5.26 Å². The number of rotatable bonds is 8. The van der Waals surface area contributed by atoms with Gasteiger partial charge >= 0.3 is 0 Å². The Hall–Kier alpha value is -0.550. The molecule has 1 atom stereocenters. The monoisotopic (exact) mass is 224 g/mol. The van der Waals surface area contributed by atoms with E-state index in [1.165, 1.54) is 19.4 Å². The van der Waals surface area contributed by atoms with Crippen molar-refractivity contribution in [3.8, 4) is 6.07 Å². The molecule has 0 N–H and O–H groups in total. The van der Waals surface area contributed by atoms with Gasteiger partial charge in [-0.25, -0.2) is 0 Å². The molecule has 0 radical (unpaired) electrons. The summed E-state index contributed by atoms with van der Waals surface area (Å²) in [6.45, 7) is 13.1. The van der Waals surface area contributed by atoms with Crippen molar-refractivity contribution in [3.63, 3.8) is 0 Å². The molecule has 94 valence electrons. The van der Waals surface area contributed by atoms with Gasteiger partial charge in [0.25, 0.3) is 0 Å². The zero-order chi connectivity index (χ0) is 12.6. The predicted octanol–water partition coefficient (Wildman–Crippen LogP) is 3.83. The van der Waals surface area contributed by atoms with Crippen LogP contribution in [0.1, 0.15) is 60.3 Å². The highest BCUT2D eigenvalue weighted by molar-refractivity contribution is 4.91. The molecule has 0 saturated heterocycles. The number of nitrogens with zero attached hydrogens (tertiary/aromatic N) is 2. The van der Waals surface area contributed by atoms with Crippen molar-refractivity contribution in [1.82, 2.24) is 4.90 Å². The standard InChI is InChI=1S/C14H28N2/c1-6-13(3)16(7-2)11-9-8-10-14(4,5)12-15/h13H,6-11H2,1-5H3. The van der Waals surface area contributed by atoms with Gasteiger partial charge < -0.3 is 4.90 Å². The topological polar surface area (TPSA) is 27.0 Å². The summed E-state index contributed by atoms with van der Waals surface area (Å²) in [5, 5.41) is 8.91.